The highest BCUT2D eigenvalue weighted by Crippen LogP contribution is 2.38. The van der Waals surface area contributed by atoms with Crippen LogP contribution in [0.15, 0.2) is 30.3 Å². The van der Waals surface area contributed by atoms with Crippen LogP contribution in [0.1, 0.15) is 17.3 Å². The van der Waals surface area contributed by atoms with Crippen LogP contribution in [0.3, 0.4) is 0 Å². The number of nitrogens with one attached hydrogen (secondary N) is 1. The number of carbonyl (C=O) groups excluding carboxylic acids is 2. The van der Waals surface area contributed by atoms with Gasteiger partial charge in [0, 0.05) is 11.8 Å². The first-order chi connectivity index (χ1) is 14.0. The monoisotopic (exact) mass is 403 g/mol. The number of rotatable bonds is 7. The van der Waals surface area contributed by atoms with E-state index in [1.807, 2.05) is 0 Å². The van der Waals surface area contributed by atoms with Crippen LogP contribution in [0.2, 0.25) is 0 Å². The first-order valence-corrected chi connectivity index (χ1v) is 8.68. The summed E-state index contributed by atoms with van der Waals surface area (Å²) in [7, 11) is 4.34. The van der Waals surface area contributed by atoms with Crippen molar-refractivity contribution < 1.29 is 38.0 Å². The second kappa shape index (κ2) is 8.59. The second-order valence-electron chi connectivity index (χ2n) is 6.02. The quantitative estimate of drug-likeness (QED) is 0.704. The van der Waals surface area contributed by atoms with Crippen molar-refractivity contribution in [1.82, 2.24) is 0 Å². The van der Waals surface area contributed by atoms with Crippen LogP contribution in [0.25, 0.3) is 0 Å². The molecule has 1 heterocycles. The molecule has 1 N–H and O–H groups in total. The van der Waals surface area contributed by atoms with Gasteiger partial charge in [-0.3, -0.25) is 4.79 Å². The summed E-state index contributed by atoms with van der Waals surface area (Å²) in [5, 5.41) is 2.67. The van der Waals surface area contributed by atoms with Gasteiger partial charge in [-0.1, -0.05) is 0 Å². The summed E-state index contributed by atoms with van der Waals surface area (Å²) in [6.45, 7) is 1.60. The van der Waals surface area contributed by atoms with E-state index in [2.05, 4.69) is 5.32 Å². The summed E-state index contributed by atoms with van der Waals surface area (Å²) in [5.41, 5.74) is 0.650. The van der Waals surface area contributed by atoms with E-state index in [0.717, 1.165) is 0 Å². The van der Waals surface area contributed by atoms with Gasteiger partial charge in [-0.05, 0) is 31.2 Å². The molecular formula is C20H21NO8. The van der Waals surface area contributed by atoms with Gasteiger partial charge in [-0.2, -0.15) is 0 Å². The minimum absolute atomic E-state index is 0.134. The molecule has 0 radical (unpaired) electrons. The zero-order valence-corrected chi connectivity index (χ0v) is 16.4. The molecule has 2 aromatic rings. The molecule has 29 heavy (non-hydrogen) atoms. The predicted octanol–water partition coefficient (Wildman–Crippen LogP) is 2.63. The van der Waals surface area contributed by atoms with E-state index in [1.54, 1.807) is 18.2 Å². The molecule has 0 saturated heterocycles. The van der Waals surface area contributed by atoms with Crippen LogP contribution < -0.4 is 29.0 Å². The highest BCUT2D eigenvalue weighted by atomic mass is 16.7. The number of benzene rings is 2. The summed E-state index contributed by atoms with van der Waals surface area (Å²) in [6, 6.07) is 7.88. The molecule has 3 rings (SSSR count). The van der Waals surface area contributed by atoms with Gasteiger partial charge in [-0.15, -0.1) is 0 Å². The average Bonchev–Trinajstić information content (AvgIpc) is 3.20. The number of anilines is 1. The van der Waals surface area contributed by atoms with Gasteiger partial charge in [0.1, 0.15) is 0 Å². The number of esters is 1. The van der Waals surface area contributed by atoms with E-state index in [0.29, 0.717) is 34.4 Å². The van der Waals surface area contributed by atoms with Crippen molar-refractivity contribution in [3.63, 3.8) is 0 Å². The number of amides is 1. The molecule has 0 aliphatic carbocycles. The molecule has 0 aromatic heterocycles. The number of carbonyl (C=O) groups is 2. The van der Waals surface area contributed by atoms with Crippen molar-refractivity contribution in [2.45, 2.75) is 13.0 Å². The Bertz CT molecular complexity index is 902. The number of ether oxygens (including phenoxy) is 6. The van der Waals surface area contributed by atoms with Gasteiger partial charge < -0.3 is 33.7 Å². The van der Waals surface area contributed by atoms with Gasteiger partial charge in [0.15, 0.2) is 29.1 Å². The predicted molar refractivity (Wildman–Crippen MR) is 102 cm³/mol. The van der Waals surface area contributed by atoms with Gasteiger partial charge >= 0.3 is 5.97 Å². The van der Waals surface area contributed by atoms with Gasteiger partial charge in [0.05, 0.1) is 26.9 Å². The molecular weight excluding hydrogens is 382 g/mol. The molecule has 2 aromatic carbocycles. The summed E-state index contributed by atoms with van der Waals surface area (Å²) in [5.74, 6) is 0.879. The third-order valence-electron chi connectivity index (χ3n) is 4.19. The molecule has 0 fully saturated rings. The van der Waals surface area contributed by atoms with Crippen LogP contribution in [0.5, 0.6) is 28.7 Å². The summed E-state index contributed by atoms with van der Waals surface area (Å²) >= 11 is 0. The van der Waals surface area contributed by atoms with Crippen LogP contribution in [0, 0.1) is 0 Å². The molecule has 9 heteroatoms. The largest absolute Gasteiger partial charge is 0.493 e. The van der Waals surface area contributed by atoms with E-state index in [9.17, 15) is 9.59 Å². The number of hydrogen-bond acceptors (Lipinski definition) is 8. The third-order valence-corrected chi connectivity index (χ3v) is 4.19. The average molecular weight is 403 g/mol. The van der Waals surface area contributed by atoms with E-state index in [4.69, 9.17) is 28.4 Å². The molecule has 0 spiro atoms. The lowest BCUT2D eigenvalue weighted by atomic mass is 10.2. The van der Waals surface area contributed by atoms with Crippen molar-refractivity contribution in [2.75, 3.05) is 33.4 Å². The molecule has 1 unspecified atom stereocenters. The number of hydrogen-bond donors (Lipinski definition) is 1. The minimum Gasteiger partial charge on any atom is -0.493 e. The Morgan fingerprint density at radius 3 is 2.24 bits per heavy atom. The Morgan fingerprint density at radius 2 is 1.62 bits per heavy atom. The number of methoxy groups -OCH3 is 3. The molecule has 1 amide bonds. The Labute approximate surface area is 167 Å². The maximum atomic E-state index is 12.5. The zero-order valence-electron chi connectivity index (χ0n) is 16.4. The van der Waals surface area contributed by atoms with Crippen LogP contribution >= 0.6 is 0 Å². The highest BCUT2D eigenvalue weighted by Gasteiger charge is 2.23. The van der Waals surface area contributed by atoms with Crippen molar-refractivity contribution in [1.29, 1.82) is 0 Å². The van der Waals surface area contributed by atoms with Crippen molar-refractivity contribution >= 4 is 17.6 Å². The Kier molecular flexibility index (Phi) is 5.96. The Balaban J connectivity index is 1.69. The van der Waals surface area contributed by atoms with E-state index >= 15 is 0 Å². The zero-order chi connectivity index (χ0) is 21.0. The van der Waals surface area contributed by atoms with E-state index < -0.39 is 18.0 Å². The molecule has 1 aliphatic rings. The van der Waals surface area contributed by atoms with Crippen molar-refractivity contribution in [2.24, 2.45) is 0 Å². The Hall–Kier alpha value is -3.62. The molecule has 1 aliphatic heterocycles. The lowest BCUT2D eigenvalue weighted by Gasteiger charge is -2.16. The standard InChI is InChI=1S/C20H21NO8/c1-11(19(22)21-13-5-6-14-15(9-13)28-10-27-14)29-20(23)12-7-16(24-2)18(26-4)17(8-12)25-3/h5-9,11H,10H2,1-4H3,(H,21,22). The lowest BCUT2D eigenvalue weighted by molar-refractivity contribution is -0.123. The topological polar surface area (TPSA) is 102 Å². The van der Waals surface area contributed by atoms with Gasteiger partial charge in [0.2, 0.25) is 12.5 Å². The van der Waals surface area contributed by atoms with Gasteiger partial charge in [-0.25, -0.2) is 4.79 Å². The molecule has 9 nitrogen and oxygen atoms in total. The SMILES string of the molecule is COc1cc(C(=O)OC(C)C(=O)Nc2ccc3c(c2)OCO3)cc(OC)c1OC. The Morgan fingerprint density at radius 1 is 0.966 bits per heavy atom. The van der Waals surface area contributed by atoms with Crippen molar-refractivity contribution in [3.05, 3.63) is 35.9 Å². The van der Waals surface area contributed by atoms with Crippen LogP contribution in [-0.2, 0) is 9.53 Å². The maximum Gasteiger partial charge on any atom is 0.339 e. The van der Waals surface area contributed by atoms with E-state index in [1.165, 1.54) is 40.4 Å². The lowest BCUT2D eigenvalue weighted by Crippen LogP contribution is -2.30. The first-order valence-electron chi connectivity index (χ1n) is 8.68. The summed E-state index contributed by atoms with van der Waals surface area (Å²) < 4.78 is 31.4. The fraction of sp³-hybridized carbons (Fsp3) is 0.300. The third kappa shape index (κ3) is 4.29. The smallest absolute Gasteiger partial charge is 0.339 e. The summed E-state index contributed by atoms with van der Waals surface area (Å²) in [4.78, 5) is 24.9. The fourth-order valence-electron chi connectivity index (χ4n) is 2.70. The summed E-state index contributed by atoms with van der Waals surface area (Å²) in [6.07, 6.45) is -1.05. The minimum atomic E-state index is -1.05. The number of fused-ring (bicyclic) bond motifs is 1. The van der Waals surface area contributed by atoms with Crippen LogP contribution in [-0.4, -0.2) is 46.1 Å². The molecule has 154 valence electrons. The molecule has 0 bridgehead atoms. The molecule has 1 atom stereocenters. The van der Waals surface area contributed by atoms with Crippen molar-refractivity contribution in [3.8, 4) is 28.7 Å². The first kappa shape index (κ1) is 20.1. The fourth-order valence-corrected chi connectivity index (χ4v) is 2.70. The highest BCUT2D eigenvalue weighted by molar-refractivity contribution is 5.98. The van der Waals surface area contributed by atoms with Crippen LogP contribution in [0.4, 0.5) is 5.69 Å². The second-order valence-corrected chi connectivity index (χ2v) is 6.02. The van der Waals surface area contributed by atoms with Gasteiger partial charge in [0.25, 0.3) is 5.91 Å². The maximum absolute atomic E-state index is 12.5. The molecule has 0 saturated carbocycles. The normalized spacial score (nSPS) is 12.7. The van der Waals surface area contributed by atoms with E-state index in [-0.39, 0.29) is 12.4 Å².